The smallest absolute Gasteiger partial charge is 0.159 e. The monoisotopic (exact) mass is 190 g/mol. The van der Waals surface area contributed by atoms with Crippen molar-refractivity contribution in [1.29, 1.82) is 0 Å². The van der Waals surface area contributed by atoms with Gasteiger partial charge in [-0.2, -0.15) is 0 Å². The molecule has 14 heavy (non-hydrogen) atoms. The molecule has 0 saturated carbocycles. The molecule has 0 amide bonds. The number of hydrogen-bond donors (Lipinski definition) is 1. The van der Waals surface area contributed by atoms with Gasteiger partial charge in [0.2, 0.25) is 0 Å². The van der Waals surface area contributed by atoms with Crippen LogP contribution < -0.4 is 0 Å². The van der Waals surface area contributed by atoms with Gasteiger partial charge in [0, 0.05) is 5.56 Å². The second-order valence-electron chi connectivity index (χ2n) is 3.53. The van der Waals surface area contributed by atoms with Gasteiger partial charge in [-0.1, -0.05) is 12.2 Å². The molecule has 0 bridgehead atoms. The molecule has 0 heterocycles. The largest absolute Gasteiger partial charge is 0.508 e. The van der Waals surface area contributed by atoms with Crippen LogP contribution >= 0.6 is 0 Å². The molecule has 1 aromatic rings. The normalized spacial score (nSPS) is 9.86. The fraction of sp³-hybridized carbons (Fsp3) is 0.250. The number of ketones is 1. The molecule has 0 aliphatic carbocycles. The standard InChI is InChI=1S/C12H14O2/c1-8(2)6-11-7-10(9(3)13)4-5-12(11)14/h4-5,7,14H,1,6H2,2-3H3. The zero-order valence-corrected chi connectivity index (χ0v) is 8.50. The lowest BCUT2D eigenvalue weighted by Crippen LogP contribution is -1.95. The van der Waals surface area contributed by atoms with Crippen LogP contribution in [0.5, 0.6) is 5.75 Å². The van der Waals surface area contributed by atoms with E-state index in [-0.39, 0.29) is 11.5 Å². The van der Waals surface area contributed by atoms with E-state index in [2.05, 4.69) is 6.58 Å². The van der Waals surface area contributed by atoms with Gasteiger partial charge in [-0.05, 0) is 44.0 Å². The second kappa shape index (κ2) is 4.09. The Bertz CT molecular complexity index is 378. The summed E-state index contributed by atoms with van der Waals surface area (Å²) in [6, 6.07) is 4.89. The Labute approximate surface area is 83.9 Å². The minimum Gasteiger partial charge on any atom is -0.508 e. The fourth-order valence-electron chi connectivity index (χ4n) is 1.27. The summed E-state index contributed by atoms with van der Waals surface area (Å²) < 4.78 is 0. The summed E-state index contributed by atoms with van der Waals surface area (Å²) in [6.07, 6.45) is 0.604. The summed E-state index contributed by atoms with van der Waals surface area (Å²) in [5.41, 5.74) is 2.34. The highest BCUT2D eigenvalue weighted by Gasteiger charge is 2.05. The fourth-order valence-corrected chi connectivity index (χ4v) is 1.27. The van der Waals surface area contributed by atoms with E-state index in [9.17, 15) is 9.90 Å². The highest BCUT2D eigenvalue weighted by Crippen LogP contribution is 2.21. The van der Waals surface area contributed by atoms with Gasteiger partial charge in [-0.15, -0.1) is 0 Å². The Hall–Kier alpha value is -1.57. The molecular weight excluding hydrogens is 176 g/mol. The van der Waals surface area contributed by atoms with E-state index >= 15 is 0 Å². The zero-order chi connectivity index (χ0) is 10.7. The molecule has 2 nitrogen and oxygen atoms in total. The Morgan fingerprint density at radius 3 is 2.57 bits per heavy atom. The van der Waals surface area contributed by atoms with Gasteiger partial charge in [0.15, 0.2) is 5.78 Å². The molecule has 0 unspecified atom stereocenters. The average molecular weight is 190 g/mol. The molecule has 0 spiro atoms. The third-order valence-corrected chi connectivity index (χ3v) is 1.98. The number of Topliss-reactive ketones (excluding diaryl/α,β-unsaturated/α-hetero) is 1. The first-order valence-electron chi connectivity index (χ1n) is 4.48. The summed E-state index contributed by atoms with van der Waals surface area (Å²) in [6.45, 7) is 7.17. The van der Waals surface area contributed by atoms with Crippen molar-refractivity contribution in [2.75, 3.05) is 0 Å². The Morgan fingerprint density at radius 2 is 2.07 bits per heavy atom. The molecule has 74 valence electrons. The van der Waals surface area contributed by atoms with E-state index in [1.165, 1.54) is 6.92 Å². The van der Waals surface area contributed by atoms with Crippen LogP contribution in [0.15, 0.2) is 30.4 Å². The van der Waals surface area contributed by atoms with E-state index in [0.29, 0.717) is 12.0 Å². The summed E-state index contributed by atoms with van der Waals surface area (Å²) in [5.74, 6) is 0.228. The van der Waals surface area contributed by atoms with Gasteiger partial charge in [-0.25, -0.2) is 0 Å². The Kier molecular flexibility index (Phi) is 3.07. The predicted octanol–water partition coefficient (Wildman–Crippen LogP) is 2.71. The maximum atomic E-state index is 11.1. The summed E-state index contributed by atoms with van der Waals surface area (Å²) in [5, 5.41) is 9.51. The van der Waals surface area contributed by atoms with Crippen LogP contribution in [0.1, 0.15) is 29.8 Å². The number of carbonyl (C=O) groups is 1. The van der Waals surface area contributed by atoms with E-state index in [0.717, 1.165) is 11.1 Å². The topological polar surface area (TPSA) is 37.3 Å². The number of aromatic hydroxyl groups is 1. The molecule has 0 aromatic heterocycles. The second-order valence-corrected chi connectivity index (χ2v) is 3.53. The van der Waals surface area contributed by atoms with Gasteiger partial charge in [-0.3, -0.25) is 4.79 Å². The zero-order valence-electron chi connectivity index (χ0n) is 8.50. The molecule has 1 aromatic carbocycles. The Balaban J connectivity index is 3.08. The van der Waals surface area contributed by atoms with Crippen molar-refractivity contribution in [2.24, 2.45) is 0 Å². The molecule has 1 N–H and O–H groups in total. The van der Waals surface area contributed by atoms with Crippen LogP contribution in [0.3, 0.4) is 0 Å². The number of phenolic OH excluding ortho intramolecular Hbond substituents is 1. The van der Waals surface area contributed by atoms with Crippen molar-refractivity contribution < 1.29 is 9.90 Å². The number of hydrogen-bond acceptors (Lipinski definition) is 2. The third kappa shape index (κ3) is 2.46. The van der Waals surface area contributed by atoms with E-state index in [1.54, 1.807) is 18.2 Å². The van der Waals surface area contributed by atoms with E-state index in [1.807, 2.05) is 6.92 Å². The van der Waals surface area contributed by atoms with Gasteiger partial charge >= 0.3 is 0 Å². The SMILES string of the molecule is C=C(C)Cc1cc(C(C)=O)ccc1O. The van der Waals surface area contributed by atoms with E-state index < -0.39 is 0 Å². The third-order valence-electron chi connectivity index (χ3n) is 1.98. The molecule has 0 aliphatic rings. The molecule has 0 radical (unpaired) electrons. The first kappa shape index (κ1) is 10.5. The van der Waals surface area contributed by atoms with E-state index in [4.69, 9.17) is 0 Å². The number of allylic oxidation sites excluding steroid dienone is 1. The lowest BCUT2D eigenvalue weighted by molar-refractivity contribution is 0.101. The summed E-state index contributed by atoms with van der Waals surface area (Å²) >= 11 is 0. The molecule has 0 saturated heterocycles. The maximum Gasteiger partial charge on any atom is 0.159 e. The quantitative estimate of drug-likeness (QED) is 0.587. The van der Waals surface area contributed by atoms with Crippen LogP contribution in [0.4, 0.5) is 0 Å². The van der Waals surface area contributed by atoms with Crippen LogP contribution in [0.2, 0.25) is 0 Å². The number of carbonyl (C=O) groups excluding carboxylic acids is 1. The highest BCUT2D eigenvalue weighted by molar-refractivity contribution is 5.94. The summed E-state index contributed by atoms with van der Waals surface area (Å²) in [4.78, 5) is 11.1. The van der Waals surface area contributed by atoms with Crippen LogP contribution in [0.25, 0.3) is 0 Å². The summed E-state index contributed by atoms with van der Waals surface area (Å²) in [7, 11) is 0. The van der Waals surface area contributed by atoms with Crippen molar-refractivity contribution >= 4 is 5.78 Å². The first-order chi connectivity index (χ1) is 6.50. The van der Waals surface area contributed by atoms with Crippen molar-refractivity contribution in [1.82, 2.24) is 0 Å². The van der Waals surface area contributed by atoms with Gasteiger partial charge in [0.25, 0.3) is 0 Å². The van der Waals surface area contributed by atoms with Crippen molar-refractivity contribution in [3.05, 3.63) is 41.5 Å². The molecule has 0 fully saturated rings. The van der Waals surface area contributed by atoms with Crippen molar-refractivity contribution in [3.63, 3.8) is 0 Å². The number of phenols is 1. The van der Waals surface area contributed by atoms with Crippen molar-refractivity contribution in [3.8, 4) is 5.75 Å². The average Bonchev–Trinajstić information content (AvgIpc) is 2.07. The lowest BCUT2D eigenvalue weighted by atomic mass is 10.0. The predicted molar refractivity (Wildman–Crippen MR) is 56.6 cm³/mol. The maximum absolute atomic E-state index is 11.1. The molecule has 0 aliphatic heterocycles. The molecule has 2 heteroatoms. The first-order valence-corrected chi connectivity index (χ1v) is 4.48. The highest BCUT2D eigenvalue weighted by atomic mass is 16.3. The number of benzene rings is 1. The van der Waals surface area contributed by atoms with Gasteiger partial charge in [0.05, 0.1) is 0 Å². The molecule has 0 atom stereocenters. The minimum absolute atomic E-state index is 0.00738. The van der Waals surface area contributed by atoms with Crippen LogP contribution in [0, 0.1) is 0 Å². The van der Waals surface area contributed by atoms with Crippen LogP contribution in [-0.2, 0) is 6.42 Å². The van der Waals surface area contributed by atoms with Gasteiger partial charge < -0.3 is 5.11 Å². The molecule has 1 rings (SSSR count). The number of rotatable bonds is 3. The minimum atomic E-state index is 0.00738. The van der Waals surface area contributed by atoms with Gasteiger partial charge in [0.1, 0.15) is 5.75 Å². The Morgan fingerprint density at radius 1 is 1.43 bits per heavy atom. The lowest BCUT2D eigenvalue weighted by Gasteiger charge is -2.05. The van der Waals surface area contributed by atoms with Crippen molar-refractivity contribution in [2.45, 2.75) is 20.3 Å². The molecular formula is C12H14O2. The van der Waals surface area contributed by atoms with Crippen LogP contribution in [-0.4, -0.2) is 10.9 Å².